The van der Waals surface area contributed by atoms with Crippen LogP contribution in [0.3, 0.4) is 0 Å². The van der Waals surface area contributed by atoms with Gasteiger partial charge in [-0.15, -0.1) is 11.3 Å². The van der Waals surface area contributed by atoms with E-state index < -0.39 is 5.97 Å². The topological polar surface area (TPSA) is 98.7 Å². The van der Waals surface area contributed by atoms with Crippen molar-refractivity contribution in [3.8, 4) is 21.9 Å². The van der Waals surface area contributed by atoms with Crippen molar-refractivity contribution in [2.24, 2.45) is 11.8 Å². The summed E-state index contributed by atoms with van der Waals surface area (Å²) in [5.41, 5.74) is 10.3. The molecule has 8 heteroatoms. The van der Waals surface area contributed by atoms with Crippen LogP contribution < -0.4 is 10.6 Å². The minimum absolute atomic E-state index is 0.0200. The lowest BCUT2D eigenvalue weighted by atomic mass is 9.82. The number of nitrogen functional groups attached to an aromatic ring is 1. The van der Waals surface area contributed by atoms with Gasteiger partial charge in [-0.2, -0.15) is 0 Å². The molecular weight excluding hydrogens is 498 g/mol. The molecule has 198 valence electrons. The normalized spacial score (nSPS) is 17.6. The Bertz CT molecular complexity index is 1460. The number of hydrogen-bond acceptors (Lipinski definition) is 7. The van der Waals surface area contributed by atoms with E-state index in [4.69, 9.17) is 14.9 Å². The standard InChI is InChI=1S/C30H33N3O4S/c1-17(2)33(29(34)21-7-5-18(3)6-8-21)24-16-26(38-27(24)30(35)36-4)19-9-11-20(12-10-19)28-32-23-15-22(31)13-14-25(23)37-28/h9-18,21H,5-8,31H2,1-4H3. The number of benzene rings is 2. The van der Waals surface area contributed by atoms with Crippen LogP contribution in [0.25, 0.3) is 33.0 Å². The third-order valence-electron chi connectivity index (χ3n) is 7.29. The highest BCUT2D eigenvalue weighted by atomic mass is 32.1. The Morgan fingerprint density at radius 2 is 1.74 bits per heavy atom. The van der Waals surface area contributed by atoms with E-state index in [1.165, 1.54) is 18.4 Å². The predicted octanol–water partition coefficient (Wildman–Crippen LogP) is 7.16. The lowest BCUT2D eigenvalue weighted by Crippen LogP contribution is -2.42. The molecule has 2 heterocycles. The highest BCUT2D eigenvalue weighted by molar-refractivity contribution is 7.18. The van der Waals surface area contributed by atoms with Crippen molar-refractivity contribution in [2.75, 3.05) is 17.7 Å². The Morgan fingerprint density at radius 1 is 1.05 bits per heavy atom. The molecule has 2 aromatic carbocycles. The zero-order valence-corrected chi connectivity index (χ0v) is 23.0. The lowest BCUT2D eigenvalue weighted by Gasteiger charge is -2.33. The fourth-order valence-corrected chi connectivity index (χ4v) is 6.21. The van der Waals surface area contributed by atoms with Crippen LogP contribution in [0.1, 0.15) is 56.1 Å². The van der Waals surface area contributed by atoms with Gasteiger partial charge in [-0.3, -0.25) is 4.79 Å². The van der Waals surface area contributed by atoms with Gasteiger partial charge in [0.05, 0.1) is 12.8 Å². The lowest BCUT2D eigenvalue weighted by molar-refractivity contribution is -0.123. The SMILES string of the molecule is COC(=O)c1sc(-c2ccc(-c3nc4cc(N)ccc4o3)cc2)cc1N(C(=O)C1CCC(C)CC1)C(C)C. The molecule has 0 atom stereocenters. The monoisotopic (exact) mass is 531 g/mol. The summed E-state index contributed by atoms with van der Waals surface area (Å²) in [6.07, 6.45) is 3.89. The second-order valence-corrected chi connectivity index (χ2v) is 11.5. The molecule has 2 N–H and O–H groups in total. The second-order valence-electron chi connectivity index (χ2n) is 10.4. The van der Waals surface area contributed by atoms with Crippen molar-refractivity contribution in [3.05, 3.63) is 53.4 Å². The number of amides is 1. The van der Waals surface area contributed by atoms with E-state index in [0.717, 1.165) is 41.7 Å². The molecule has 5 rings (SSSR count). The highest BCUT2D eigenvalue weighted by Gasteiger charge is 2.33. The van der Waals surface area contributed by atoms with Gasteiger partial charge >= 0.3 is 5.97 Å². The molecule has 4 aromatic rings. The van der Waals surface area contributed by atoms with Crippen LogP contribution >= 0.6 is 11.3 Å². The van der Waals surface area contributed by atoms with E-state index in [1.807, 2.05) is 50.2 Å². The zero-order chi connectivity index (χ0) is 27.0. The summed E-state index contributed by atoms with van der Waals surface area (Å²) in [6.45, 7) is 6.22. The van der Waals surface area contributed by atoms with Crippen LogP contribution in [-0.4, -0.2) is 30.0 Å². The highest BCUT2D eigenvalue weighted by Crippen LogP contribution is 2.40. The first kappa shape index (κ1) is 26.0. The number of carbonyl (C=O) groups is 2. The molecule has 1 saturated carbocycles. The molecular formula is C30H33N3O4S. The van der Waals surface area contributed by atoms with Crippen molar-refractivity contribution < 1.29 is 18.7 Å². The number of aromatic nitrogens is 1. The van der Waals surface area contributed by atoms with Gasteiger partial charge in [-0.25, -0.2) is 9.78 Å². The number of esters is 1. The predicted molar refractivity (Wildman–Crippen MR) is 152 cm³/mol. The first-order valence-electron chi connectivity index (χ1n) is 13.1. The second kappa shape index (κ2) is 10.6. The molecule has 0 radical (unpaired) electrons. The maximum atomic E-state index is 13.7. The Labute approximate surface area is 226 Å². The number of methoxy groups -OCH3 is 1. The van der Waals surface area contributed by atoms with E-state index >= 15 is 0 Å². The van der Waals surface area contributed by atoms with Crippen LogP contribution in [0.15, 0.2) is 52.9 Å². The summed E-state index contributed by atoms with van der Waals surface area (Å²) in [5.74, 6) is 0.800. The van der Waals surface area contributed by atoms with E-state index in [9.17, 15) is 9.59 Å². The smallest absolute Gasteiger partial charge is 0.350 e. The van der Waals surface area contributed by atoms with Crippen molar-refractivity contribution in [1.29, 1.82) is 0 Å². The molecule has 0 unspecified atom stereocenters. The molecule has 1 fully saturated rings. The minimum atomic E-state index is -0.436. The molecule has 1 amide bonds. The number of nitrogens with two attached hydrogens (primary N) is 1. The molecule has 7 nitrogen and oxygen atoms in total. The number of nitrogens with zero attached hydrogens (tertiary/aromatic N) is 2. The van der Waals surface area contributed by atoms with Gasteiger partial charge in [0.2, 0.25) is 11.8 Å². The number of anilines is 2. The van der Waals surface area contributed by atoms with E-state index in [2.05, 4.69) is 11.9 Å². The molecule has 0 aliphatic heterocycles. The summed E-state index contributed by atoms with van der Waals surface area (Å²) in [4.78, 5) is 34.2. The van der Waals surface area contributed by atoms with Gasteiger partial charge in [0.1, 0.15) is 10.4 Å². The van der Waals surface area contributed by atoms with Crippen molar-refractivity contribution in [3.63, 3.8) is 0 Å². The molecule has 1 aliphatic rings. The third kappa shape index (κ3) is 5.05. The van der Waals surface area contributed by atoms with Gasteiger partial charge in [0.25, 0.3) is 0 Å². The number of carbonyl (C=O) groups excluding carboxylic acids is 2. The first-order valence-corrected chi connectivity index (χ1v) is 13.9. The zero-order valence-electron chi connectivity index (χ0n) is 22.2. The van der Waals surface area contributed by atoms with Gasteiger partial charge in [-0.1, -0.05) is 19.1 Å². The first-order chi connectivity index (χ1) is 18.2. The van der Waals surface area contributed by atoms with Crippen LogP contribution in [0.2, 0.25) is 0 Å². The number of oxazole rings is 1. The van der Waals surface area contributed by atoms with Gasteiger partial charge in [-0.05, 0) is 87.4 Å². The van der Waals surface area contributed by atoms with Gasteiger partial charge in [0.15, 0.2) is 5.58 Å². The summed E-state index contributed by atoms with van der Waals surface area (Å²) < 4.78 is 11.0. The Balaban J connectivity index is 1.47. The van der Waals surface area contributed by atoms with Crippen LogP contribution in [0.4, 0.5) is 11.4 Å². The number of ether oxygens (including phenoxy) is 1. The molecule has 0 bridgehead atoms. The fraction of sp³-hybridized carbons (Fsp3) is 0.367. The van der Waals surface area contributed by atoms with Crippen LogP contribution in [0, 0.1) is 11.8 Å². The van der Waals surface area contributed by atoms with Crippen LogP contribution in [0.5, 0.6) is 0 Å². The molecule has 0 spiro atoms. The summed E-state index contributed by atoms with van der Waals surface area (Å²) in [5, 5.41) is 0. The maximum Gasteiger partial charge on any atom is 0.350 e. The summed E-state index contributed by atoms with van der Waals surface area (Å²) >= 11 is 1.34. The van der Waals surface area contributed by atoms with Crippen molar-refractivity contribution in [2.45, 2.75) is 52.5 Å². The summed E-state index contributed by atoms with van der Waals surface area (Å²) in [6, 6.07) is 15.1. The van der Waals surface area contributed by atoms with Crippen LogP contribution in [-0.2, 0) is 9.53 Å². The van der Waals surface area contributed by atoms with Gasteiger partial charge < -0.3 is 19.8 Å². The Hall–Kier alpha value is -3.65. The molecule has 2 aromatic heterocycles. The number of thiophene rings is 1. The van der Waals surface area contributed by atoms with Crippen molar-refractivity contribution >= 4 is 45.7 Å². The Morgan fingerprint density at radius 3 is 2.39 bits per heavy atom. The Kier molecular flexibility index (Phi) is 7.25. The maximum absolute atomic E-state index is 13.7. The molecule has 38 heavy (non-hydrogen) atoms. The number of rotatable bonds is 6. The average molecular weight is 532 g/mol. The van der Waals surface area contributed by atoms with E-state index in [0.29, 0.717) is 39.2 Å². The molecule has 0 saturated heterocycles. The number of fused-ring (bicyclic) bond motifs is 1. The van der Waals surface area contributed by atoms with E-state index in [1.54, 1.807) is 17.0 Å². The van der Waals surface area contributed by atoms with E-state index in [-0.39, 0.29) is 17.9 Å². The summed E-state index contributed by atoms with van der Waals surface area (Å²) in [7, 11) is 1.37. The van der Waals surface area contributed by atoms with Crippen molar-refractivity contribution in [1.82, 2.24) is 4.98 Å². The quantitative estimate of drug-likeness (QED) is 0.209. The number of hydrogen-bond donors (Lipinski definition) is 1. The fourth-order valence-electron chi connectivity index (χ4n) is 5.14. The largest absolute Gasteiger partial charge is 0.465 e. The molecule has 1 aliphatic carbocycles. The minimum Gasteiger partial charge on any atom is -0.465 e. The average Bonchev–Trinajstić information content (AvgIpc) is 3.53. The third-order valence-corrected chi connectivity index (χ3v) is 8.44. The van der Waals surface area contributed by atoms with Gasteiger partial charge in [0, 0.05) is 28.1 Å².